The maximum absolute atomic E-state index is 12.8. The van der Waals surface area contributed by atoms with Crippen LogP contribution < -0.4 is 9.50 Å². The standard InChI is InChI=1S/C23H16Br2N2O5S/c1-14-2-8-20(9-3-14)33(30,31)32-22-15(11-17(24)12-21(22)25)10-16(13-26)23(29)27-18-4-6-19(28)7-5-18/h2-12,28H,1H3,(H,27,29)/b16-10+. The maximum atomic E-state index is 12.8. The van der Waals surface area contributed by atoms with E-state index in [1.165, 1.54) is 48.5 Å². The number of phenols is 1. The Kier molecular flexibility index (Phi) is 7.58. The third kappa shape index (κ3) is 6.22. The quantitative estimate of drug-likeness (QED) is 0.168. The summed E-state index contributed by atoms with van der Waals surface area (Å²) in [6.45, 7) is 1.83. The number of rotatable bonds is 6. The molecular weight excluding hydrogens is 576 g/mol. The van der Waals surface area contributed by atoms with E-state index in [-0.39, 0.29) is 27.5 Å². The molecule has 10 heteroatoms. The van der Waals surface area contributed by atoms with Crippen LogP contribution in [0.4, 0.5) is 5.69 Å². The molecule has 7 nitrogen and oxygen atoms in total. The van der Waals surface area contributed by atoms with E-state index in [1.54, 1.807) is 18.2 Å². The molecule has 0 heterocycles. The first-order valence-corrected chi connectivity index (χ1v) is 12.3. The number of phenolic OH excluding ortho intramolecular Hbond substituents is 1. The molecule has 0 aliphatic carbocycles. The van der Waals surface area contributed by atoms with Crippen molar-refractivity contribution in [2.24, 2.45) is 0 Å². The predicted molar refractivity (Wildman–Crippen MR) is 131 cm³/mol. The van der Waals surface area contributed by atoms with Crippen LogP contribution in [-0.4, -0.2) is 19.4 Å². The Hall–Kier alpha value is -3.13. The molecule has 0 atom stereocenters. The third-order valence-corrected chi connectivity index (χ3v) is 6.61. The molecule has 3 aromatic rings. The average Bonchev–Trinajstić information content (AvgIpc) is 2.76. The maximum Gasteiger partial charge on any atom is 0.339 e. The van der Waals surface area contributed by atoms with Gasteiger partial charge in [-0.05, 0) is 77.5 Å². The zero-order valence-electron chi connectivity index (χ0n) is 17.0. The molecule has 0 aromatic heterocycles. The van der Waals surface area contributed by atoms with Gasteiger partial charge in [0.1, 0.15) is 22.3 Å². The van der Waals surface area contributed by atoms with Crippen LogP contribution in [0.15, 0.2) is 80.1 Å². The third-order valence-electron chi connectivity index (χ3n) is 4.33. The number of carbonyl (C=O) groups excluding carboxylic acids is 1. The minimum Gasteiger partial charge on any atom is -0.508 e. The van der Waals surface area contributed by atoms with E-state index in [4.69, 9.17) is 4.18 Å². The molecule has 0 radical (unpaired) electrons. The number of aromatic hydroxyl groups is 1. The van der Waals surface area contributed by atoms with Crippen LogP contribution in [0.1, 0.15) is 11.1 Å². The van der Waals surface area contributed by atoms with Crippen LogP contribution in [0.5, 0.6) is 11.5 Å². The van der Waals surface area contributed by atoms with Crippen molar-refractivity contribution < 1.29 is 22.5 Å². The summed E-state index contributed by atoms with van der Waals surface area (Å²) in [6.07, 6.45) is 1.23. The van der Waals surface area contributed by atoms with E-state index in [0.29, 0.717) is 14.6 Å². The number of halogens is 2. The number of carbonyl (C=O) groups is 1. The molecule has 2 N–H and O–H groups in total. The minimum atomic E-state index is -4.19. The lowest BCUT2D eigenvalue weighted by atomic mass is 10.1. The Labute approximate surface area is 207 Å². The predicted octanol–water partition coefficient (Wildman–Crippen LogP) is 5.54. The zero-order valence-corrected chi connectivity index (χ0v) is 21.0. The smallest absolute Gasteiger partial charge is 0.339 e. The molecule has 0 saturated carbocycles. The Balaban J connectivity index is 1.99. The van der Waals surface area contributed by atoms with Crippen molar-refractivity contribution in [1.29, 1.82) is 5.26 Å². The van der Waals surface area contributed by atoms with Gasteiger partial charge in [-0.1, -0.05) is 33.6 Å². The van der Waals surface area contributed by atoms with Crippen LogP contribution in [0, 0.1) is 18.3 Å². The number of amides is 1. The van der Waals surface area contributed by atoms with Crippen molar-refractivity contribution in [2.45, 2.75) is 11.8 Å². The zero-order chi connectivity index (χ0) is 24.2. The fourth-order valence-electron chi connectivity index (χ4n) is 2.69. The molecule has 0 bridgehead atoms. The van der Waals surface area contributed by atoms with Crippen LogP contribution in [0.2, 0.25) is 0 Å². The first-order valence-electron chi connectivity index (χ1n) is 9.31. The number of anilines is 1. The van der Waals surface area contributed by atoms with Gasteiger partial charge in [0.15, 0.2) is 5.75 Å². The van der Waals surface area contributed by atoms with Gasteiger partial charge in [0.2, 0.25) is 0 Å². The Morgan fingerprint density at radius 3 is 2.33 bits per heavy atom. The summed E-state index contributed by atoms with van der Waals surface area (Å²) in [5.41, 5.74) is 1.16. The highest BCUT2D eigenvalue weighted by atomic mass is 79.9. The highest BCUT2D eigenvalue weighted by Crippen LogP contribution is 2.36. The minimum absolute atomic E-state index is 0.0274. The van der Waals surface area contributed by atoms with Crippen LogP contribution in [0.25, 0.3) is 6.08 Å². The fourth-order valence-corrected chi connectivity index (χ4v) is 5.10. The van der Waals surface area contributed by atoms with E-state index in [2.05, 4.69) is 37.2 Å². The molecule has 0 spiro atoms. The highest BCUT2D eigenvalue weighted by molar-refractivity contribution is 9.11. The molecule has 33 heavy (non-hydrogen) atoms. The van der Waals surface area contributed by atoms with Gasteiger partial charge in [0.05, 0.1) is 4.47 Å². The van der Waals surface area contributed by atoms with Crippen molar-refractivity contribution in [3.05, 3.63) is 86.3 Å². The number of nitrogens with one attached hydrogen (secondary N) is 1. The number of aryl methyl sites for hydroxylation is 1. The van der Waals surface area contributed by atoms with Crippen LogP contribution in [0.3, 0.4) is 0 Å². The number of hydrogen-bond acceptors (Lipinski definition) is 6. The van der Waals surface area contributed by atoms with Crippen molar-refractivity contribution >= 4 is 59.6 Å². The molecule has 0 aliphatic heterocycles. The Morgan fingerprint density at radius 1 is 1.09 bits per heavy atom. The molecule has 0 unspecified atom stereocenters. The number of nitrogens with zero attached hydrogens (tertiary/aromatic N) is 1. The second kappa shape index (κ2) is 10.2. The van der Waals surface area contributed by atoms with Gasteiger partial charge < -0.3 is 14.6 Å². The van der Waals surface area contributed by atoms with Gasteiger partial charge in [-0.3, -0.25) is 4.79 Å². The van der Waals surface area contributed by atoms with Gasteiger partial charge in [-0.15, -0.1) is 0 Å². The van der Waals surface area contributed by atoms with E-state index in [9.17, 15) is 23.6 Å². The summed E-state index contributed by atoms with van der Waals surface area (Å²) >= 11 is 6.61. The van der Waals surface area contributed by atoms with Crippen molar-refractivity contribution in [1.82, 2.24) is 0 Å². The monoisotopic (exact) mass is 590 g/mol. The summed E-state index contributed by atoms with van der Waals surface area (Å²) in [7, 11) is -4.19. The van der Waals surface area contributed by atoms with E-state index in [1.807, 2.05) is 13.0 Å². The summed E-state index contributed by atoms with van der Waals surface area (Å²) in [5.74, 6) is -0.768. The second-order valence-electron chi connectivity index (χ2n) is 6.83. The first kappa shape index (κ1) is 24.5. The lowest BCUT2D eigenvalue weighted by Gasteiger charge is -2.13. The topological polar surface area (TPSA) is 116 Å². The van der Waals surface area contributed by atoms with E-state index in [0.717, 1.165) is 5.56 Å². The molecule has 0 fully saturated rings. The highest BCUT2D eigenvalue weighted by Gasteiger charge is 2.22. The van der Waals surface area contributed by atoms with E-state index >= 15 is 0 Å². The molecule has 0 saturated heterocycles. The summed E-state index contributed by atoms with van der Waals surface area (Å²) in [6, 6.07) is 16.8. The Bertz CT molecular complexity index is 1380. The average molecular weight is 592 g/mol. The van der Waals surface area contributed by atoms with Crippen LogP contribution in [-0.2, 0) is 14.9 Å². The van der Waals surface area contributed by atoms with Gasteiger partial charge in [-0.25, -0.2) is 0 Å². The lowest BCUT2D eigenvalue weighted by molar-refractivity contribution is -0.112. The summed E-state index contributed by atoms with van der Waals surface area (Å²) in [5, 5.41) is 21.5. The number of hydrogen-bond donors (Lipinski definition) is 2. The molecular formula is C23H16Br2N2O5S. The molecule has 3 rings (SSSR count). The van der Waals surface area contributed by atoms with E-state index < -0.39 is 16.0 Å². The molecule has 3 aromatic carbocycles. The number of benzene rings is 3. The van der Waals surface area contributed by atoms with Crippen molar-refractivity contribution in [3.63, 3.8) is 0 Å². The van der Waals surface area contributed by atoms with Crippen LogP contribution >= 0.6 is 31.9 Å². The molecule has 168 valence electrons. The van der Waals surface area contributed by atoms with Crippen molar-refractivity contribution in [2.75, 3.05) is 5.32 Å². The molecule has 0 aliphatic rings. The number of nitriles is 1. The van der Waals surface area contributed by atoms with Gasteiger partial charge in [-0.2, -0.15) is 13.7 Å². The second-order valence-corrected chi connectivity index (χ2v) is 10.1. The van der Waals surface area contributed by atoms with Gasteiger partial charge in [0, 0.05) is 15.7 Å². The largest absolute Gasteiger partial charge is 0.508 e. The van der Waals surface area contributed by atoms with Crippen molar-refractivity contribution in [3.8, 4) is 17.6 Å². The van der Waals surface area contributed by atoms with Gasteiger partial charge in [0.25, 0.3) is 5.91 Å². The summed E-state index contributed by atoms with van der Waals surface area (Å²) in [4.78, 5) is 12.6. The normalized spacial score (nSPS) is 11.5. The lowest BCUT2D eigenvalue weighted by Crippen LogP contribution is -2.14. The Morgan fingerprint density at radius 2 is 1.73 bits per heavy atom. The van der Waals surface area contributed by atoms with Gasteiger partial charge >= 0.3 is 10.1 Å². The fraction of sp³-hybridized carbons (Fsp3) is 0.0435. The first-order chi connectivity index (χ1) is 15.6. The summed E-state index contributed by atoms with van der Waals surface area (Å²) < 4.78 is 31.9. The SMILES string of the molecule is Cc1ccc(S(=O)(=O)Oc2c(Br)cc(Br)cc2/C=C(\C#N)C(=O)Nc2ccc(O)cc2)cc1. The molecule has 1 amide bonds.